The summed E-state index contributed by atoms with van der Waals surface area (Å²) in [5.41, 5.74) is 6.53. The Kier molecular flexibility index (Phi) is 4.96. The van der Waals surface area contributed by atoms with E-state index in [4.69, 9.17) is 14.4 Å². The van der Waals surface area contributed by atoms with Gasteiger partial charge in [-0.3, -0.25) is 9.97 Å². The second-order valence-electron chi connectivity index (χ2n) is 8.48. The summed E-state index contributed by atoms with van der Waals surface area (Å²) in [6.45, 7) is 0. The van der Waals surface area contributed by atoms with Crippen molar-refractivity contribution in [3.05, 3.63) is 110 Å². The SMILES string of the molecule is c1ccc(-c2ccnc(-c3ccc4oc5ccc(-c6nccc(-c7ccccn7)n6)cc5c4c3)n2)nc1. The molecule has 7 heteroatoms. The Labute approximate surface area is 211 Å². The Morgan fingerprint density at radius 1 is 0.432 bits per heavy atom. The molecule has 5 heterocycles. The topological polar surface area (TPSA) is 90.5 Å². The van der Waals surface area contributed by atoms with E-state index in [0.717, 1.165) is 55.8 Å². The largest absolute Gasteiger partial charge is 0.456 e. The first-order valence-corrected chi connectivity index (χ1v) is 11.8. The monoisotopic (exact) mass is 478 g/mol. The molecule has 0 aliphatic rings. The van der Waals surface area contributed by atoms with Crippen molar-refractivity contribution in [1.29, 1.82) is 0 Å². The van der Waals surface area contributed by atoms with Crippen LogP contribution in [0.5, 0.6) is 0 Å². The maximum Gasteiger partial charge on any atom is 0.159 e. The molecule has 37 heavy (non-hydrogen) atoms. The van der Waals surface area contributed by atoms with Crippen molar-refractivity contribution in [2.75, 3.05) is 0 Å². The van der Waals surface area contributed by atoms with E-state index in [9.17, 15) is 0 Å². The highest BCUT2D eigenvalue weighted by Gasteiger charge is 2.13. The summed E-state index contributed by atoms with van der Waals surface area (Å²) >= 11 is 0. The van der Waals surface area contributed by atoms with Crippen molar-refractivity contribution in [1.82, 2.24) is 29.9 Å². The Hall–Kier alpha value is -5.30. The Bertz CT molecular complexity index is 1750. The molecule has 0 radical (unpaired) electrons. The van der Waals surface area contributed by atoms with Crippen LogP contribution in [0.15, 0.2) is 114 Å². The molecule has 7 nitrogen and oxygen atoms in total. The van der Waals surface area contributed by atoms with Gasteiger partial charge in [0.1, 0.15) is 11.2 Å². The van der Waals surface area contributed by atoms with Crippen LogP contribution < -0.4 is 0 Å². The lowest BCUT2D eigenvalue weighted by molar-refractivity contribution is 0.669. The minimum atomic E-state index is 0.627. The van der Waals surface area contributed by atoms with Gasteiger partial charge < -0.3 is 4.42 Å². The van der Waals surface area contributed by atoms with Crippen molar-refractivity contribution in [2.24, 2.45) is 0 Å². The van der Waals surface area contributed by atoms with Gasteiger partial charge in [-0.25, -0.2) is 19.9 Å². The van der Waals surface area contributed by atoms with E-state index in [-0.39, 0.29) is 0 Å². The molecular weight excluding hydrogens is 460 g/mol. The number of aromatic nitrogens is 6. The molecule has 174 valence electrons. The van der Waals surface area contributed by atoms with Crippen LogP contribution in [-0.2, 0) is 0 Å². The van der Waals surface area contributed by atoms with Gasteiger partial charge in [0.25, 0.3) is 0 Å². The van der Waals surface area contributed by atoms with Gasteiger partial charge in [0.2, 0.25) is 0 Å². The molecule has 0 aliphatic carbocycles. The van der Waals surface area contributed by atoms with Crippen molar-refractivity contribution in [3.8, 4) is 45.6 Å². The lowest BCUT2D eigenvalue weighted by Gasteiger charge is -2.04. The van der Waals surface area contributed by atoms with Crippen LogP contribution in [0, 0.1) is 0 Å². The molecule has 0 atom stereocenters. The van der Waals surface area contributed by atoms with E-state index >= 15 is 0 Å². The summed E-state index contributed by atoms with van der Waals surface area (Å²) in [4.78, 5) is 27.4. The number of rotatable bonds is 4. The van der Waals surface area contributed by atoms with Crippen LogP contribution in [0.25, 0.3) is 67.5 Å². The van der Waals surface area contributed by atoms with Crippen LogP contribution in [-0.4, -0.2) is 29.9 Å². The molecule has 0 fully saturated rings. The molecule has 0 amide bonds. The highest BCUT2D eigenvalue weighted by molar-refractivity contribution is 6.07. The molecule has 0 spiro atoms. The van der Waals surface area contributed by atoms with Crippen LogP contribution in [0.4, 0.5) is 0 Å². The van der Waals surface area contributed by atoms with Gasteiger partial charge in [-0.05, 0) is 72.8 Å². The molecule has 7 aromatic rings. The van der Waals surface area contributed by atoms with E-state index < -0.39 is 0 Å². The van der Waals surface area contributed by atoms with Gasteiger partial charge in [0, 0.05) is 46.7 Å². The van der Waals surface area contributed by atoms with Gasteiger partial charge in [-0.2, -0.15) is 0 Å². The first kappa shape index (κ1) is 21.0. The van der Waals surface area contributed by atoms with Gasteiger partial charge in [-0.1, -0.05) is 12.1 Å². The fourth-order valence-electron chi connectivity index (χ4n) is 4.36. The number of nitrogens with zero attached hydrogens (tertiary/aromatic N) is 6. The molecule has 5 aromatic heterocycles. The molecule has 0 saturated carbocycles. The summed E-state index contributed by atoms with van der Waals surface area (Å²) in [7, 11) is 0. The number of fused-ring (bicyclic) bond motifs is 3. The van der Waals surface area contributed by atoms with E-state index in [1.54, 1.807) is 24.8 Å². The maximum absolute atomic E-state index is 6.12. The van der Waals surface area contributed by atoms with Crippen molar-refractivity contribution >= 4 is 21.9 Å². The van der Waals surface area contributed by atoms with Crippen LogP contribution in [0.3, 0.4) is 0 Å². The second-order valence-corrected chi connectivity index (χ2v) is 8.48. The fraction of sp³-hybridized carbons (Fsp3) is 0. The number of hydrogen-bond acceptors (Lipinski definition) is 7. The highest BCUT2D eigenvalue weighted by Crippen LogP contribution is 2.34. The summed E-state index contributed by atoms with van der Waals surface area (Å²) in [5.74, 6) is 1.25. The lowest BCUT2D eigenvalue weighted by atomic mass is 10.1. The molecule has 0 saturated heterocycles. The number of hydrogen-bond donors (Lipinski definition) is 0. The Balaban J connectivity index is 1.32. The van der Waals surface area contributed by atoms with Gasteiger partial charge >= 0.3 is 0 Å². The first-order valence-electron chi connectivity index (χ1n) is 11.8. The van der Waals surface area contributed by atoms with E-state index in [2.05, 4.69) is 32.1 Å². The molecule has 0 aliphatic heterocycles. The third-order valence-corrected chi connectivity index (χ3v) is 6.15. The van der Waals surface area contributed by atoms with Crippen molar-refractivity contribution < 1.29 is 4.42 Å². The van der Waals surface area contributed by atoms with Crippen LogP contribution in [0.2, 0.25) is 0 Å². The normalized spacial score (nSPS) is 11.2. The molecule has 0 N–H and O–H groups in total. The smallest absolute Gasteiger partial charge is 0.159 e. The zero-order chi connectivity index (χ0) is 24.6. The van der Waals surface area contributed by atoms with Crippen molar-refractivity contribution in [2.45, 2.75) is 0 Å². The molecular formula is C30H18N6O. The van der Waals surface area contributed by atoms with E-state index in [0.29, 0.717) is 11.6 Å². The summed E-state index contributed by atoms with van der Waals surface area (Å²) in [6, 6.07) is 27.3. The molecule has 2 aromatic carbocycles. The number of furan rings is 1. The lowest BCUT2D eigenvalue weighted by Crippen LogP contribution is -1.93. The first-order chi connectivity index (χ1) is 18.3. The predicted molar refractivity (Wildman–Crippen MR) is 142 cm³/mol. The van der Waals surface area contributed by atoms with Crippen LogP contribution in [0.1, 0.15) is 0 Å². The minimum absolute atomic E-state index is 0.627. The van der Waals surface area contributed by atoms with Crippen LogP contribution >= 0.6 is 0 Å². The van der Waals surface area contributed by atoms with Gasteiger partial charge in [-0.15, -0.1) is 0 Å². The zero-order valence-electron chi connectivity index (χ0n) is 19.5. The average Bonchev–Trinajstić information content (AvgIpc) is 3.35. The number of benzene rings is 2. The number of pyridine rings is 2. The molecule has 7 rings (SSSR count). The quantitative estimate of drug-likeness (QED) is 0.281. The molecule has 0 bridgehead atoms. The fourth-order valence-corrected chi connectivity index (χ4v) is 4.36. The van der Waals surface area contributed by atoms with Gasteiger partial charge in [0.05, 0.1) is 22.8 Å². The highest BCUT2D eigenvalue weighted by atomic mass is 16.3. The third-order valence-electron chi connectivity index (χ3n) is 6.15. The summed E-state index contributed by atoms with van der Waals surface area (Å²) < 4.78 is 6.12. The third kappa shape index (κ3) is 3.88. The van der Waals surface area contributed by atoms with E-state index in [1.165, 1.54) is 0 Å². The summed E-state index contributed by atoms with van der Waals surface area (Å²) in [5, 5.41) is 1.95. The Morgan fingerprint density at radius 2 is 0.946 bits per heavy atom. The van der Waals surface area contributed by atoms with Crippen molar-refractivity contribution in [3.63, 3.8) is 0 Å². The minimum Gasteiger partial charge on any atom is -0.456 e. The molecule has 0 unspecified atom stereocenters. The maximum atomic E-state index is 6.12. The summed E-state index contributed by atoms with van der Waals surface area (Å²) in [6.07, 6.45) is 7.03. The Morgan fingerprint density at radius 3 is 1.41 bits per heavy atom. The standard InChI is InChI=1S/C30H18N6O/c1-3-13-31-23(5-1)25-11-15-33-29(35-25)19-7-9-27-21(17-19)22-18-20(8-10-28(22)37-27)30-34-16-12-26(36-30)24-6-2-4-14-32-24/h1-18H. The predicted octanol–water partition coefficient (Wildman–Crippen LogP) is 6.62. The van der Waals surface area contributed by atoms with E-state index in [1.807, 2.05) is 72.8 Å². The second kappa shape index (κ2) is 8.73. The van der Waals surface area contributed by atoms with Gasteiger partial charge in [0.15, 0.2) is 11.6 Å². The average molecular weight is 479 g/mol. The zero-order valence-corrected chi connectivity index (χ0v) is 19.5.